The maximum atomic E-state index is 12.7. The highest BCUT2D eigenvalue weighted by molar-refractivity contribution is 7.17. The number of piperazine rings is 1. The second-order valence-corrected chi connectivity index (χ2v) is 9.98. The molecule has 8 nitrogen and oxygen atoms in total. The van der Waals surface area contributed by atoms with E-state index in [1.807, 2.05) is 18.2 Å². The highest BCUT2D eigenvalue weighted by Crippen LogP contribution is 2.38. The van der Waals surface area contributed by atoms with E-state index in [0.29, 0.717) is 23.5 Å². The van der Waals surface area contributed by atoms with Crippen LogP contribution in [0.1, 0.15) is 45.6 Å². The van der Waals surface area contributed by atoms with Crippen molar-refractivity contribution in [3.8, 4) is 11.5 Å². The quantitative estimate of drug-likeness (QED) is 0.566. The SMILES string of the molecule is COc1ccc(OC)c(CN2CCN(CCC(=O)Nc3sc4c(c3C(N)=O)CCCC4)CC2)c1. The summed E-state index contributed by atoms with van der Waals surface area (Å²) < 4.78 is 10.9. The molecule has 1 aromatic carbocycles. The van der Waals surface area contributed by atoms with Crippen molar-refractivity contribution < 1.29 is 19.1 Å². The molecular weight excluding hydrogens is 452 g/mol. The molecule has 1 fully saturated rings. The smallest absolute Gasteiger partial charge is 0.251 e. The van der Waals surface area contributed by atoms with Gasteiger partial charge in [-0.3, -0.25) is 14.5 Å². The lowest BCUT2D eigenvalue weighted by Gasteiger charge is -2.34. The van der Waals surface area contributed by atoms with E-state index in [1.54, 1.807) is 14.2 Å². The Balaban J connectivity index is 1.26. The lowest BCUT2D eigenvalue weighted by molar-refractivity contribution is -0.116. The van der Waals surface area contributed by atoms with E-state index in [4.69, 9.17) is 15.2 Å². The van der Waals surface area contributed by atoms with Crippen LogP contribution in [0.25, 0.3) is 0 Å². The maximum Gasteiger partial charge on any atom is 0.251 e. The van der Waals surface area contributed by atoms with Crippen LogP contribution in [0.15, 0.2) is 18.2 Å². The number of benzene rings is 1. The molecule has 2 amide bonds. The first kappa shape index (κ1) is 24.5. The molecule has 0 saturated carbocycles. The van der Waals surface area contributed by atoms with Crippen molar-refractivity contribution in [2.45, 2.75) is 38.6 Å². The lowest BCUT2D eigenvalue weighted by Crippen LogP contribution is -2.46. The van der Waals surface area contributed by atoms with Crippen LogP contribution in [0.2, 0.25) is 0 Å². The van der Waals surface area contributed by atoms with E-state index in [2.05, 4.69) is 15.1 Å². The van der Waals surface area contributed by atoms with Crippen molar-refractivity contribution in [3.05, 3.63) is 39.8 Å². The number of hydrogen-bond acceptors (Lipinski definition) is 7. The van der Waals surface area contributed by atoms with E-state index in [9.17, 15) is 9.59 Å². The van der Waals surface area contributed by atoms with Gasteiger partial charge in [-0.2, -0.15) is 0 Å². The molecule has 184 valence electrons. The Morgan fingerprint density at radius 2 is 1.79 bits per heavy atom. The van der Waals surface area contributed by atoms with Crippen LogP contribution in [0.3, 0.4) is 0 Å². The average Bonchev–Trinajstić information content (AvgIpc) is 3.21. The van der Waals surface area contributed by atoms with Crippen molar-refractivity contribution in [1.29, 1.82) is 0 Å². The molecule has 0 atom stereocenters. The predicted molar refractivity (Wildman–Crippen MR) is 134 cm³/mol. The van der Waals surface area contributed by atoms with Crippen LogP contribution in [0.5, 0.6) is 11.5 Å². The molecule has 0 unspecified atom stereocenters. The van der Waals surface area contributed by atoms with Crippen LogP contribution in [-0.4, -0.2) is 68.6 Å². The number of fused-ring (bicyclic) bond motifs is 1. The van der Waals surface area contributed by atoms with Gasteiger partial charge in [-0.1, -0.05) is 0 Å². The zero-order valence-electron chi connectivity index (χ0n) is 20.0. The molecule has 0 spiro atoms. The number of nitrogens with one attached hydrogen (secondary N) is 1. The number of amides is 2. The number of carbonyl (C=O) groups is 2. The first-order chi connectivity index (χ1) is 16.5. The van der Waals surface area contributed by atoms with Crippen molar-refractivity contribution in [3.63, 3.8) is 0 Å². The summed E-state index contributed by atoms with van der Waals surface area (Å²) in [5.74, 6) is 1.18. The fraction of sp³-hybridized carbons (Fsp3) is 0.520. The first-order valence-electron chi connectivity index (χ1n) is 11.9. The molecule has 2 aromatic rings. The molecule has 9 heteroatoms. The minimum absolute atomic E-state index is 0.0651. The molecule has 1 saturated heterocycles. The van der Waals surface area contributed by atoms with Gasteiger partial charge in [0.2, 0.25) is 5.91 Å². The average molecular weight is 487 g/mol. The van der Waals surface area contributed by atoms with E-state index in [0.717, 1.165) is 81.0 Å². The standard InChI is InChI=1S/C25H34N4O4S/c1-32-18-7-8-20(33-2)17(15-18)16-29-13-11-28(12-14-29)10-9-22(30)27-25-23(24(26)31)19-5-3-4-6-21(19)34-25/h7-8,15H,3-6,9-14,16H2,1-2H3,(H2,26,31)(H,27,30). The molecule has 1 aliphatic carbocycles. The monoisotopic (exact) mass is 486 g/mol. The number of thiophene rings is 1. The number of hydrogen-bond donors (Lipinski definition) is 2. The molecule has 0 bridgehead atoms. The minimum Gasteiger partial charge on any atom is -0.497 e. The van der Waals surface area contributed by atoms with Gasteiger partial charge in [0, 0.05) is 56.1 Å². The van der Waals surface area contributed by atoms with Gasteiger partial charge in [0.15, 0.2) is 0 Å². The number of carbonyl (C=O) groups excluding carboxylic acids is 2. The van der Waals surface area contributed by atoms with Gasteiger partial charge in [0.1, 0.15) is 16.5 Å². The van der Waals surface area contributed by atoms with E-state index in [-0.39, 0.29) is 5.91 Å². The van der Waals surface area contributed by atoms with Crippen LogP contribution in [-0.2, 0) is 24.2 Å². The topological polar surface area (TPSA) is 97.1 Å². The highest BCUT2D eigenvalue weighted by Gasteiger charge is 2.25. The van der Waals surface area contributed by atoms with Crippen molar-refractivity contribution in [2.75, 3.05) is 52.3 Å². The lowest BCUT2D eigenvalue weighted by atomic mass is 9.95. The Morgan fingerprint density at radius 1 is 1.06 bits per heavy atom. The van der Waals surface area contributed by atoms with Gasteiger partial charge in [-0.25, -0.2) is 0 Å². The highest BCUT2D eigenvalue weighted by atomic mass is 32.1. The fourth-order valence-corrected chi connectivity index (χ4v) is 6.09. The second-order valence-electron chi connectivity index (χ2n) is 8.87. The largest absolute Gasteiger partial charge is 0.497 e. The number of primary amides is 1. The van der Waals surface area contributed by atoms with E-state index >= 15 is 0 Å². The fourth-order valence-electron chi connectivity index (χ4n) is 4.78. The third kappa shape index (κ3) is 5.71. The van der Waals surface area contributed by atoms with Crippen LogP contribution in [0, 0.1) is 0 Å². The third-order valence-electron chi connectivity index (χ3n) is 6.67. The summed E-state index contributed by atoms with van der Waals surface area (Å²) >= 11 is 1.51. The predicted octanol–water partition coefficient (Wildman–Crippen LogP) is 2.89. The molecular formula is C25H34N4O4S. The Hall–Kier alpha value is -2.62. The van der Waals surface area contributed by atoms with Crippen LogP contribution < -0.4 is 20.5 Å². The molecule has 34 heavy (non-hydrogen) atoms. The number of ether oxygens (including phenoxy) is 2. The van der Waals surface area contributed by atoms with Crippen molar-refractivity contribution >= 4 is 28.2 Å². The Bertz CT molecular complexity index is 1030. The number of aryl methyl sites for hydroxylation is 1. The summed E-state index contributed by atoms with van der Waals surface area (Å²) in [4.78, 5) is 30.6. The van der Waals surface area contributed by atoms with Crippen molar-refractivity contribution in [1.82, 2.24) is 9.80 Å². The van der Waals surface area contributed by atoms with Gasteiger partial charge < -0.3 is 25.4 Å². The summed E-state index contributed by atoms with van der Waals surface area (Å²) in [5.41, 5.74) is 8.32. The Morgan fingerprint density at radius 3 is 2.50 bits per heavy atom. The van der Waals surface area contributed by atoms with Gasteiger partial charge in [-0.05, 0) is 49.4 Å². The van der Waals surface area contributed by atoms with Gasteiger partial charge in [-0.15, -0.1) is 11.3 Å². The molecule has 0 radical (unpaired) electrons. The minimum atomic E-state index is -0.446. The number of nitrogens with two attached hydrogens (primary N) is 1. The van der Waals surface area contributed by atoms with Gasteiger partial charge >= 0.3 is 0 Å². The Kier molecular flexibility index (Phi) is 8.07. The zero-order chi connectivity index (χ0) is 24.1. The second kappa shape index (κ2) is 11.2. The maximum absolute atomic E-state index is 12.7. The normalized spacial score (nSPS) is 16.6. The zero-order valence-corrected chi connectivity index (χ0v) is 20.8. The van der Waals surface area contributed by atoms with Crippen molar-refractivity contribution in [2.24, 2.45) is 5.73 Å². The molecule has 1 aromatic heterocycles. The van der Waals surface area contributed by atoms with Crippen LogP contribution in [0.4, 0.5) is 5.00 Å². The summed E-state index contributed by atoms with van der Waals surface area (Å²) in [5, 5.41) is 3.60. The number of rotatable bonds is 9. The summed E-state index contributed by atoms with van der Waals surface area (Å²) in [7, 11) is 3.36. The number of anilines is 1. The summed E-state index contributed by atoms with van der Waals surface area (Å²) in [6, 6.07) is 5.87. The van der Waals surface area contributed by atoms with Crippen LogP contribution >= 0.6 is 11.3 Å². The first-order valence-corrected chi connectivity index (χ1v) is 12.7. The Labute approximate surface area is 205 Å². The molecule has 3 N–H and O–H groups in total. The molecule has 1 aliphatic heterocycles. The van der Waals surface area contributed by atoms with Gasteiger partial charge in [0.05, 0.1) is 19.8 Å². The summed E-state index contributed by atoms with van der Waals surface area (Å²) in [6.07, 6.45) is 4.40. The van der Waals surface area contributed by atoms with Gasteiger partial charge in [0.25, 0.3) is 5.91 Å². The summed E-state index contributed by atoms with van der Waals surface area (Å²) in [6.45, 7) is 5.14. The molecule has 2 aliphatic rings. The molecule has 2 heterocycles. The number of methoxy groups -OCH3 is 2. The van der Waals surface area contributed by atoms with E-state index < -0.39 is 5.91 Å². The molecule has 4 rings (SSSR count). The van der Waals surface area contributed by atoms with E-state index in [1.165, 1.54) is 16.2 Å². The number of nitrogens with zero attached hydrogens (tertiary/aromatic N) is 2. The third-order valence-corrected chi connectivity index (χ3v) is 7.88.